The van der Waals surface area contributed by atoms with E-state index < -0.39 is 0 Å². The number of benzene rings is 1. The number of carbonyl (C=O) groups is 1. The van der Waals surface area contributed by atoms with Crippen LogP contribution in [0.25, 0.3) is 11.5 Å². The second-order valence-corrected chi connectivity index (χ2v) is 5.95. The maximum Gasteiger partial charge on any atom is 0.277 e. The van der Waals surface area contributed by atoms with Crippen LogP contribution in [0, 0.1) is 0 Å². The lowest BCUT2D eigenvalue weighted by atomic mass is 10.2. The Bertz CT molecular complexity index is 839. The van der Waals surface area contributed by atoms with Gasteiger partial charge in [0.25, 0.3) is 5.22 Å². The number of rotatable bonds is 7. The third-order valence-corrected chi connectivity index (χ3v) is 4.10. The van der Waals surface area contributed by atoms with Gasteiger partial charge >= 0.3 is 0 Å². The molecule has 128 valence electrons. The first-order chi connectivity index (χ1) is 12.2. The molecule has 2 heterocycles. The van der Waals surface area contributed by atoms with Gasteiger partial charge in [0.2, 0.25) is 11.8 Å². The number of thioether (sulfide) groups is 1. The van der Waals surface area contributed by atoms with Crippen molar-refractivity contribution in [2.24, 2.45) is 0 Å². The van der Waals surface area contributed by atoms with E-state index >= 15 is 0 Å². The number of hydrogen-bond donors (Lipinski definition) is 1. The summed E-state index contributed by atoms with van der Waals surface area (Å²) in [6.07, 6.45) is 3.30. The van der Waals surface area contributed by atoms with E-state index in [2.05, 4.69) is 20.5 Å². The Kier molecular flexibility index (Phi) is 5.63. The molecule has 0 saturated carbocycles. The smallest absolute Gasteiger partial charge is 0.277 e. The molecule has 0 radical (unpaired) electrons. The zero-order valence-corrected chi connectivity index (χ0v) is 14.3. The van der Waals surface area contributed by atoms with E-state index in [0.29, 0.717) is 17.7 Å². The molecule has 0 saturated heterocycles. The van der Waals surface area contributed by atoms with Crippen LogP contribution in [0.15, 0.2) is 58.4 Å². The highest BCUT2D eigenvalue weighted by Gasteiger charge is 2.11. The molecule has 8 heteroatoms. The first-order valence-corrected chi connectivity index (χ1v) is 8.49. The van der Waals surface area contributed by atoms with Crippen molar-refractivity contribution in [3.8, 4) is 17.2 Å². The first-order valence-electron chi connectivity index (χ1n) is 7.51. The molecular formula is C17H16N4O3S. The van der Waals surface area contributed by atoms with Crippen LogP contribution in [0.3, 0.4) is 0 Å². The average Bonchev–Trinajstić information content (AvgIpc) is 3.15. The number of hydrogen-bond acceptors (Lipinski definition) is 7. The van der Waals surface area contributed by atoms with Gasteiger partial charge in [0.1, 0.15) is 5.75 Å². The summed E-state index contributed by atoms with van der Waals surface area (Å²) in [5.41, 5.74) is 1.76. The Morgan fingerprint density at radius 1 is 1.24 bits per heavy atom. The van der Waals surface area contributed by atoms with Gasteiger partial charge in [0.15, 0.2) is 0 Å². The monoisotopic (exact) mass is 356 g/mol. The Morgan fingerprint density at radius 3 is 2.88 bits per heavy atom. The lowest BCUT2D eigenvalue weighted by molar-refractivity contribution is -0.118. The third-order valence-electron chi connectivity index (χ3n) is 3.28. The summed E-state index contributed by atoms with van der Waals surface area (Å²) in [5.74, 6) is 1.25. The summed E-state index contributed by atoms with van der Waals surface area (Å²) in [7, 11) is 1.61. The zero-order chi connectivity index (χ0) is 17.5. The Balaban J connectivity index is 1.48. The van der Waals surface area contributed by atoms with Gasteiger partial charge in [-0.1, -0.05) is 23.9 Å². The molecular weight excluding hydrogens is 340 g/mol. The second-order valence-electron chi connectivity index (χ2n) is 5.03. The molecule has 3 rings (SSSR count). The van der Waals surface area contributed by atoms with E-state index in [9.17, 15) is 4.79 Å². The lowest BCUT2D eigenvalue weighted by Crippen LogP contribution is -2.24. The van der Waals surface area contributed by atoms with Crippen LogP contribution in [-0.2, 0) is 11.3 Å². The molecule has 1 amide bonds. The average molecular weight is 356 g/mol. The molecule has 0 bridgehead atoms. The number of carbonyl (C=O) groups excluding carboxylic acids is 1. The summed E-state index contributed by atoms with van der Waals surface area (Å²) in [5, 5.41) is 11.1. The topological polar surface area (TPSA) is 90.1 Å². The fraction of sp³-hybridized carbons (Fsp3) is 0.176. The summed E-state index contributed by atoms with van der Waals surface area (Å²) < 4.78 is 10.7. The minimum absolute atomic E-state index is 0.114. The van der Waals surface area contributed by atoms with Crippen molar-refractivity contribution in [1.29, 1.82) is 0 Å². The van der Waals surface area contributed by atoms with Crippen molar-refractivity contribution in [2.75, 3.05) is 12.9 Å². The van der Waals surface area contributed by atoms with E-state index in [1.54, 1.807) is 31.6 Å². The Morgan fingerprint density at radius 2 is 2.08 bits per heavy atom. The molecule has 0 spiro atoms. The van der Waals surface area contributed by atoms with Gasteiger partial charge in [0.05, 0.1) is 12.9 Å². The lowest BCUT2D eigenvalue weighted by Gasteiger charge is -2.06. The molecule has 1 N–H and O–H groups in total. The van der Waals surface area contributed by atoms with Gasteiger partial charge in [-0.15, -0.1) is 10.2 Å². The normalized spacial score (nSPS) is 10.4. The van der Waals surface area contributed by atoms with Crippen LogP contribution in [0.1, 0.15) is 5.56 Å². The van der Waals surface area contributed by atoms with E-state index in [1.807, 2.05) is 24.3 Å². The minimum atomic E-state index is -0.114. The van der Waals surface area contributed by atoms with Crippen molar-refractivity contribution in [3.05, 3.63) is 54.4 Å². The molecule has 1 aromatic carbocycles. The largest absolute Gasteiger partial charge is 0.497 e. The highest BCUT2D eigenvalue weighted by atomic mass is 32.2. The minimum Gasteiger partial charge on any atom is -0.497 e. The van der Waals surface area contributed by atoms with Gasteiger partial charge in [-0.3, -0.25) is 9.78 Å². The highest BCUT2D eigenvalue weighted by Crippen LogP contribution is 2.22. The number of nitrogens with one attached hydrogen (secondary N) is 1. The quantitative estimate of drug-likeness (QED) is 0.651. The standard InChI is InChI=1S/C17H16N4O3S/c1-23-14-4-2-3-12(9-14)10-19-15(22)11-25-17-21-20-16(24-17)13-5-7-18-8-6-13/h2-9H,10-11H2,1H3,(H,19,22). The van der Waals surface area contributed by atoms with Gasteiger partial charge in [0, 0.05) is 24.5 Å². The summed E-state index contributed by atoms with van der Waals surface area (Å²) in [4.78, 5) is 15.9. The van der Waals surface area contributed by atoms with Crippen molar-refractivity contribution in [1.82, 2.24) is 20.5 Å². The summed E-state index contributed by atoms with van der Waals surface area (Å²) >= 11 is 1.19. The first kappa shape index (κ1) is 17.0. The zero-order valence-electron chi connectivity index (χ0n) is 13.5. The predicted octanol–water partition coefficient (Wildman–Crippen LogP) is 2.55. The third kappa shape index (κ3) is 4.80. The van der Waals surface area contributed by atoms with Crippen LogP contribution >= 0.6 is 11.8 Å². The Labute approximate surface area is 148 Å². The fourth-order valence-corrected chi connectivity index (χ4v) is 2.63. The number of nitrogens with zero attached hydrogens (tertiary/aromatic N) is 3. The molecule has 0 fully saturated rings. The van der Waals surface area contributed by atoms with E-state index in [0.717, 1.165) is 16.9 Å². The molecule has 3 aromatic rings. The predicted molar refractivity (Wildman–Crippen MR) is 93.1 cm³/mol. The van der Waals surface area contributed by atoms with Crippen molar-refractivity contribution >= 4 is 17.7 Å². The second kappa shape index (κ2) is 8.29. The van der Waals surface area contributed by atoms with Gasteiger partial charge < -0.3 is 14.5 Å². The number of aromatic nitrogens is 3. The van der Waals surface area contributed by atoms with Crippen LogP contribution < -0.4 is 10.1 Å². The molecule has 0 aliphatic carbocycles. The molecule has 0 unspecified atom stereocenters. The molecule has 2 aromatic heterocycles. The number of ether oxygens (including phenoxy) is 1. The van der Waals surface area contributed by atoms with Crippen molar-refractivity contribution in [3.63, 3.8) is 0 Å². The van der Waals surface area contributed by atoms with E-state index in [4.69, 9.17) is 9.15 Å². The van der Waals surface area contributed by atoms with Crippen molar-refractivity contribution < 1.29 is 13.9 Å². The maximum absolute atomic E-state index is 12.0. The highest BCUT2D eigenvalue weighted by molar-refractivity contribution is 7.99. The molecule has 0 aliphatic rings. The maximum atomic E-state index is 12.0. The summed E-state index contributed by atoms with van der Waals surface area (Å²) in [6.45, 7) is 0.433. The van der Waals surface area contributed by atoms with E-state index in [1.165, 1.54) is 11.8 Å². The van der Waals surface area contributed by atoms with Gasteiger partial charge in [-0.2, -0.15) is 0 Å². The molecule has 0 aliphatic heterocycles. The Hall–Kier alpha value is -2.87. The number of methoxy groups -OCH3 is 1. The summed E-state index contributed by atoms with van der Waals surface area (Å²) in [6, 6.07) is 11.1. The SMILES string of the molecule is COc1cccc(CNC(=O)CSc2nnc(-c3ccncc3)o2)c1. The number of pyridine rings is 1. The molecule has 25 heavy (non-hydrogen) atoms. The van der Waals surface area contributed by atoms with Gasteiger partial charge in [-0.05, 0) is 29.8 Å². The van der Waals surface area contributed by atoms with Gasteiger partial charge in [-0.25, -0.2) is 0 Å². The molecule has 0 atom stereocenters. The van der Waals surface area contributed by atoms with Crippen LogP contribution in [0.2, 0.25) is 0 Å². The van der Waals surface area contributed by atoms with Crippen LogP contribution in [0.4, 0.5) is 0 Å². The van der Waals surface area contributed by atoms with Crippen molar-refractivity contribution in [2.45, 2.75) is 11.8 Å². The number of amides is 1. The van der Waals surface area contributed by atoms with E-state index in [-0.39, 0.29) is 11.7 Å². The van der Waals surface area contributed by atoms with Crippen LogP contribution in [0.5, 0.6) is 5.75 Å². The fourth-order valence-electron chi connectivity index (χ4n) is 2.04. The molecule has 7 nitrogen and oxygen atoms in total. The van der Waals surface area contributed by atoms with Crippen LogP contribution in [-0.4, -0.2) is 34.0 Å².